The third-order valence-corrected chi connectivity index (χ3v) is 3.87. The van der Waals surface area contributed by atoms with Crippen LogP contribution in [0.3, 0.4) is 0 Å². The van der Waals surface area contributed by atoms with Gasteiger partial charge in [0, 0.05) is 18.9 Å². The fourth-order valence-corrected chi connectivity index (χ4v) is 2.87. The molecule has 0 radical (unpaired) electrons. The lowest BCUT2D eigenvalue weighted by Crippen LogP contribution is -2.33. The molecule has 0 atom stereocenters. The second-order valence-electron chi connectivity index (χ2n) is 4.75. The molecular formula is C16H14NO4S-. The number of carboxylic acid groups (broad SMARTS) is 1. The van der Waals surface area contributed by atoms with Crippen molar-refractivity contribution in [1.82, 2.24) is 4.90 Å². The number of carbonyl (C=O) groups is 3. The average molecular weight is 316 g/mol. The molecule has 1 saturated heterocycles. The van der Waals surface area contributed by atoms with Crippen LogP contribution in [0.15, 0.2) is 46.9 Å². The second kappa shape index (κ2) is 7.09. The number of benzene rings is 1. The fourth-order valence-electron chi connectivity index (χ4n) is 1.96. The number of nitrogens with zero attached hydrogens (tertiary/aromatic N) is 1. The first-order valence-electron chi connectivity index (χ1n) is 6.66. The van der Waals surface area contributed by atoms with Crippen LogP contribution in [0.2, 0.25) is 0 Å². The molecule has 22 heavy (non-hydrogen) atoms. The summed E-state index contributed by atoms with van der Waals surface area (Å²) in [4.78, 5) is 35.5. The average Bonchev–Trinajstić information content (AvgIpc) is 2.72. The molecule has 5 nitrogen and oxygen atoms in total. The maximum Gasteiger partial charge on any atom is 0.293 e. The zero-order valence-corrected chi connectivity index (χ0v) is 12.8. The van der Waals surface area contributed by atoms with Crippen molar-refractivity contribution in [1.29, 1.82) is 0 Å². The molecule has 0 N–H and O–H groups in total. The lowest BCUT2D eigenvalue weighted by atomic mass is 10.1. The van der Waals surface area contributed by atoms with Crippen molar-refractivity contribution in [2.75, 3.05) is 6.54 Å². The van der Waals surface area contributed by atoms with Gasteiger partial charge in [0.25, 0.3) is 11.1 Å². The van der Waals surface area contributed by atoms with Crippen LogP contribution in [-0.2, 0) is 9.59 Å². The van der Waals surface area contributed by atoms with Crippen molar-refractivity contribution in [2.24, 2.45) is 0 Å². The molecule has 2 rings (SSSR count). The van der Waals surface area contributed by atoms with Crippen molar-refractivity contribution in [3.63, 3.8) is 0 Å². The van der Waals surface area contributed by atoms with Gasteiger partial charge >= 0.3 is 0 Å². The van der Waals surface area contributed by atoms with Gasteiger partial charge in [-0.25, -0.2) is 0 Å². The summed E-state index contributed by atoms with van der Waals surface area (Å²) in [7, 11) is 0. The van der Waals surface area contributed by atoms with Crippen LogP contribution in [-0.4, -0.2) is 28.6 Å². The Labute approximate surface area is 132 Å². The Bertz CT molecular complexity index is 664. The minimum Gasteiger partial charge on any atom is -0.550 e. The predicted octanol–water partition coefficient (Wildman–Crippen LogP) is 1.81. The number of hydrogen-bond acceptors (Lipinski definition) is 5. The van der Waals surface area contributed by atoms with E-state index in [4.69, 9.17) is 0 Å². The summed E-state index contributed by atoms with van der Waals surface area (Å²) in [6, 6.07) is 9.60. The fraction of sp³-hybridized carbons (Fsp3) is 0.188. The van der Waals surface area contributed by atoms with Crippen LogP contribution < -0.4 is 5.11 Å². The Morgan fingerprint density at radius 3 is 2.59 bits per heavy atom. The molecule has 114 valence electrons. The summed E-state index contributed by atoms with van der Waals surface area (Å²) >= 11 is 0.817. The first-order valence-corrected chi connectivity index (χ1v) is 7.47. The zero-order valence-electron chi connectivity index (χ0n) is 11.9. The van der Waals surface area contributed by atoms with Gasteiger partial charge in [0.05, 0.1) is 4.91 Å². The lowest BCUT2D eigenvalue weighted by Gasteiger charge is -2.12. The van der Waals surface area contributed by atoms with Crippen LogP contribution in [0.5, 0.6) is 0 Å². The molecule has 6 heteroatoms. The number of imide groups is 1. The number of aliphatic carboxylic acids is 1. The van der Waals surface area contributed by atoms with Gasteiger partial charge < -0.3 is 9.90 Å². The van der Waals surface area contributed by atoms with Gasteiger partial charge in [0.1, 0.15) is 0 Å². The van der Waals surface area contributed by atoms with Gasteiger partial charge in [0.2, 0.25) is 0 Å². The molecule has 0 aromatic heterocycles. The minimum absolute atomic E-state index is 0.161. The van der Waals surface area contributed by atoms with Gasteiger partial charge in [-0.05, 0) is 35.9 Å². The number of allylic oxidation sites excluding steroid dienone is 2. The lowest BCUT2D eigenvalue weighted by molar-refractivity contribution is -0.305. The van der Waals surface area contributed by atoms with Crippen molar-refractivity contribution < 1.29 is 19.5 Å². The Morgan fingerprint density at radius 1 is 1.27 bits per heavy atom. The monoisotopic (exact) mass is 316 g/mol. The zero-order chi connectivity index (χ0) is 16.1. The van der Waals surface area contributed by atoms with E-state index in [-0.39, 0.29) is 13.0 Å². The van der Waals surface area contributed by atoms with Gasteiger partial charge in [-0.1, -0.05) is 36.4 Å². The molecule has 1 aromatic rings. The van der Waals surface area contributed by atoms with Crippen LogP contribution in [0, 0.1) is 0 Å². The number of amides is 2. The minimum atomic E-state index is -1.29. The van der Waals surface area contributed by atoms with E-state index in [1.165, 1.54) is 0 Å². The molecular weight excluding hydrogens is 302 g/mol. The molecule has 0 bridgehead atoms. The first kappa shape index (κ1) is 16.0. The highest BCUT2D eigenvalue weighted by Crippen LogP contribution is 2.31. The predicted molar refractivity (Wildman–Crippen MR) is 82.5 cm³/mol. The standard InChI is InChI=1S/C16H15NO4S/c1-11(9-12-5-3-2-4-6-12)10-13-15(20)17(16(21)22-13)8-7-14(18)19/h2-6,9-10H,7-8H2,1H3,(H,18,19)/p-1/b11-9-,13-10-. The largest absolute Gasteiger partial charge is 0.550 e. The van der Waals surface area contributed by atoms with E-state index in [1.54, 1.807) is 6.08 Å². The third kappa shape index (κ3) is 4.08. The maximum atomic E-state index is 12.1. The van der Waals surface area contributed by atoms with Crippen molar-refractivity contribution in [3.05, 3.63) is 52.4 Å². The molecule has 1 aromatic carbocycles. The highest BCUT2D eigenvalue weighted by Gasteiger charge is 2.34. The van der Waals surface area contributed by atoms with Crippen LogP contribution in [0.25, 0.3) is 6.08 Å². The quantitative estimate of drug-likeness (QED) is 0.774. The van der Waals surface area contributed by atoms with E-state index >= 15 is 0 Å². The van der Waals surface area contributed by atoms with Crippen LogP contribution >= 0.6 is 11.8 Å². The Balaban J connectivity index is 2.12. The van der Waals surface area contributed by atoms with E-state index in [0.29, 0.717) is 4.91 Å². The Kier molecular flexibility index (Phi) is 5.16. The number of carboxylic acids is 1. The molecule has 0 spiro atoms. The van der Waals surface area contributed by atoms with E-state index in [2.05, 4.69) is 0 Å². The van der Waals surface area contributed by atoms with E-state index in [9.17, 15) is 19.5 Å². The van der Waals surface area contributed by atoms with Crippen molar-refractivity contribution >= 4 is 35.0 Å². The maximum absolute atomic E-state index is 12.1. The van der Waals surface area contributed by atoms with E-state index < -0.39 is 17.1 Å². The summed E-state index contributed by atoms with van der Waals surface area (Å²) in [5.74, 6) is -1.75. The number of carbonyl (C=O) groups excluding carboxylic acids is 3. The number of thioether (sulfide) groups is 1. The summed E-state index contributed by atoms with van der Waals surface area (Å²) in [6.45, 7) is 1.67. The second-order valence-corrected chi connectivity index (χ2v) is 5.75. The van der Waals surface area contributed by atoms with E-state index in [0.717, 1.165) is 27.8 Å². The molecule has 0 saturated carbocycles. The van der Waals surface area contributed by atoms with Crippen molar-refractivity contribution in [3.8, 4) is 0 Å². The summed E-state index contributed by atoms with van der Waals surface area (Å²) in [6.07, 6.45) is 3.18. The molecule has 0 aliphatic carbocycles. The molecule has 0 unspecified atom stereocenters. The van der Waals surface area contributed by atoms with Crippen LogP contribution in [0.4, 0.5) is 4.79 Å². The molecule has 1 aliphatic heterocycles. The molecule has 1 fully saturated rings. The molecule has 2 amide bonds. The highest BCUT2D eigenvalue weighted by molar-refractivity contribution is 8.18. The number of hydrogen-bond donors (Lipinski definition) is 0. The number of rotatable bonds is 5. The summed E-state index contributed by atoms with van der Waals surface area (Å²) in [5.41, 5.74) is 1.82. The van der Waals surface area contributed by atoms with Gasteiger partial charge in [-0.15, -0.1) is 0 Å². The van der Waals surface area contributed by atoms with Gasteiger partial charge in [-0.3, -0.25) is 14.5 Å². The molecule has 1 aliphatic rings. The van der Waals surface area contributed by atoms with Gasteiger partial charge in [-0.2, -0.15) is 0 Å². The normalized spacial score (nSPS) is 17.4. The van der Waals surface area contributed by atoms with Crippen molar-refractivity contribution in [2.45, 2.75) is 13.3 Å². The molecule has 1 heterocycles. The van der Waals surface area contributed by atoms with Gasteiger partial charge in [0.15, 0.2) is 0 Å². The summed E-state index contributed by atoms with van der Waals surface area (Å²) < 4.78 is 0. The Hall–Kier alpha value is -2.34. The third-order valence-electron chi connectivity index (χ3n) is 2.97. The first-order chi connectivity index (χ1) is 10.5. The SMILES string of the molecule is CC(=C/c1ccccc1)/C=C1\SC(=O)N(CCC(=O)[O-])C1=O. The summed E-state index contributed by atoms with van der Waals surface area (Å²) in [5, 5.41) is 9.99. The highest BCUT2D eigenvalue weighted by atomic mass is 32.2. The smallest absolute Gasteiger partial charge is 0.293 e. The Morgan fingerprint density at radius 2 is 1.95 bits per heavy atom. The van der Waals surface area contributed by atoms with E-state index in [1.807, 2.05) is 43.3 Å². The topological polar surface area (TPSA) is 77.5 Å². The van der Waals surface area contributed by atoms with Crippen LogP contribution in [0.1, 0.15) is 18.9 Å².